The van der Waals surface area contributed by atoms with Gasteiger partial charge in [-0.15, -0.1) is 0 Å². The van der Waals surface area contributed by atoms with Crippen LogP contribution in [0, 0.1) is 13.8 Å². The zero-order valence-electron chi connectivity index (χ0n) is 9.90. The Bertz CT molecular complexity index is 380. The summed E-state index contributed by atoms with van der Waals surface area (Å²) in [7, 11) is 0. The first-order valence-corrected chi connectivity index (χ1v) is 5.14. The molecule has 1 aromatic rings. The molecule has 1 aromatic heterocycles. The minimum Gasteiger partial charge on any atom is -0.481 e. The molecule has 1 heterocycles. The van der Waals surface area contributed by atoms with Crippen molar-refractivity contribution in [2.45, 2.75) is 46.6 Å². The lowest BCUT2D eigenvalue weighted by atomic mass is 9.99. The molecule has 0 fully saturated rings. The topological polar surface area (TPSA) is 55.1 Å². The number of rotatable bonds is 3. The summed E-state index contributed by atoms with van der Waals surface area (Å²) in [4.78, 5) is 10.9. The maximum Gasteiger partial charge on any atom is 0.310 e. The third-order valence-electron chi connectivity index (χ3n) is 2.67. The van der Waals surface area contributed by atoms with E-state index in [4.69, 9.17) is 5.11 Å². The number of aryl methyl sites for hydroxylation is 1. The van der Waals surface area contributed by atoms with Crippen LogP contribution in [0.4, 0.5) is 0 Å². The molecule has 0 radical (unpaired) electrons. The van der Waals surface area contributed by atoms with Crippen LogP contribution < -0.4 is 0 Å². The predicted octanol–water partition coefficient (Wildman–Crippen LogP) is 2.27. The van der Waals surface area contributed by atoms with E-state index in [1.807, 2.05) is 32.4 Å². The molecule has 1 N–H and O–H groups in total. The summed E-state index contributed by atoms with van der Waals surface area (Å²) in [6, 6.07) is 0.262. The van der Waals surface area contributed by atoms with Gasteiger partial charge in [0.05, 0.1) is 11.6 Å². The van der Waals surface area contributed by atoms with Crippen molar-refractivity contribution in [3.8, 4) is 0 Å². The van der Waals surface area contributed by atoms with Crippen molar-refractivity contribution in [3.63, 3.8) is 0 Å². The summed E-state index contributed by atoms with van der Waals surface area (Å²) in [5, 5.41) is 13.4. The van der Waals surface area contributed by atoms with Crippen molar-refractivity contribution < 1.29 is 9.90 Å². The van der Waals surface area contributed by atoms with Gasteiger partial charge in [0.2, 0.25) is 0 Å². The number of carboxylic acid groups (broad SMARTS) is 1. The van der Waals surface area contributed by atoms with Crippen LogP contribution in [-0.2, 0) is 4.79 Å². The van der Waals surface area contributed by atoms with Gasteiger partial charge in [-0.2, -0.15) is 5.10 Å². The van der Waals surface area contributed by atoms with Crippen LogP contribution in [0.25, 0.3) is 0 Å². The van der Waals surface area contributed by atoms with Gasteiger partial charge in [0, 0.05) is 17.3 Å². The zero-order valence-corrected chi connectivity index (χ0v) is 9.90. The van der Waals surface area contributed by atoms with Crippen molar-refractivity contribution in [2.75, 3.05) is 0 Å². The minimum atomic E-state index is -0.801. The largest absolute Gasteiger partial charge is 0.481 e. The van der Waals surface area contributed by atoms with E-state index in [0.29, 0.717) is 0 Å². The second-order valence-electron chi connectivity index (χ2n) is 4.18. The van der Waals surface area contributed by atoms with Crippen molar-refractivity contribution in [1.29, 1.82) is 0 Å². The first-order chi connectivity index (χ1) is 6.86. The van der Waals surface area contributed by atoms with Gasteiger partial charge < -0.3 is 5.11 Å². The van der Waals surface area contributed by atoms with Gasteiger partial charge in [-0.3, -0.25) is 9.48 Å². The van der Waals surface area contributed by atoms with E-state index in [1.54, 1.807) is 6.92 Å². The third-order valence-corrected chi connectivity index (χ3v) is 2.67. The maximum absolute atomic E-state index is 10.9. The highest BCUT2D eigenvalue weighted by molar-refractivity contribution is 5.76. The van der Waals surface area contributed by atoms with Gasteiger partial charge in [-0.25, -0.2) is 0 Å². The van der Waals surface area contributed by atoms with Crippen LogP contribution in [-0.4, -0.2) is 20.9 Å². The van der Waals surface area contributed by atoms with Crippen LogP contribution in [0.15, 0.2) is 0 Å². The van der Waals surface area contributed by atoms with Crippen molar-refractivity contribution in [1.82, 2.24) is 9.78 Å². The molecule has 1 rings (SSSR count). The van der Waals surface area contributed by atoms with E-state index in [2.05, 4.69) is 5.10 Å². The number of hydrogen-bond acceptors (Lipinski definition) is 2. The molecule has 0 aromatic carbocycles. The molecule has 0 aliphatic rings. The van der Waals surface area contributed by atoms with Gasteiger partial charge >= 0.3 is 5.97 Å². The number of nitrogens with zero attached hydrogens (tertiary/aromatic N) is 2. The maximum atomic E-state index is 10.9. The van der Waals surface area contributed by atoms with E-state index >= 15 is 0 Å². The molecule has 0 saturated heterocycles. The Morgan fingerprint density at radius 1 is 1.33 bits per heavy atom. The normalized spacial score (nSPS) is 13.2. The standard InChI is InChI=1S/C11H18N2O2/c1-6(2)13-9(5)10(8(4)12-13)7(3)11(14)15/h6-7H,1-5H3,(H,14,15). The second-order valence-corrected chi connectivity index (χ2v) is 4.18. The van der Waals surface area contributed by atoms with E-state index in [1.165, 1.54) is 0 Å². The summed E-state index contributed by atoms with van der Waals surface area (Å²) in [6.07, 6.45) is 0. The zero-order chi connectivity index (χ0) is 11.7. The van der Waals surface area contributed by atoms with Gasteiger partial charge in [-0.1, -0.05) is 0 Å². The van der Waals surface area contributed by atoms with E-state index < -0.39 is 11.9 Å². The summed E-state index contributed by atoms with van der Waals surface area (Å²) in [6.45, 7) is 9.56. The molecule has 4 heteroatoms. The highest BCUT2D eigenvalue weighted by Gasteiger charge is 2.23. The first-order valence-electron chi connectivity index (χ1n) is 5.14. The Balaban J connectivity index is 3.25. The molecule has 0 aliphatic heterocycles. The Hall–Kier alpha value is -1.32. The third kappa shape index (κ3) is 2.03. The van der Waals surface area contributed by atoms with Gasteiger partial charge in [0.25, 0.3) is 0 Å². The number of aromatic nitrogens is 2. The Morgan fingerprint density at radius 3 is 2.20 bits per heavy atom. The van der Waals surface area contributed by atoms with E-state index in [-0.39, 0.29) is 6.04 Å². The van der Waals surface area contributed by atoms with E-state index in [9.17, 15) is 4.79 Å². The molecule has 4 nitrogen and oxygen atoms in total. The van der Waals surface area contributed by atoms with E-state index in [0.717, 1.165) is 17.0 Å². The number of hydrogen-bond donors (Lipinski definition) is 1. The molecule has 0 spiro atoms. The molecule has 0 amide bonds. The van der Waals surface area contributed by atoms with Gasteiger partial charge in [0.1, 0.15) is 0 Å². The molecule has 0 saturated carbocycles. The first kappa shape index (κ1) is 11.8. The summed E-state index contributed by atoms with van der Waals surface area (Å²) in [5.41, 5.74) is 2.62. The summed E-state index contributed by atoms with van der Waals surface area (Å²) in [5.74, 6) is -1.29. The highest BCUT2D eigenvalue weighted by Crippen LogP contribution is 2.25. The Morgan fingerprint density at radius 2 is 1.87 bits per heavy atom. The highest BCUT2D eigenvalue weighted by atomic mass is 16.4. The van der Waals surface area contributed by atoms with Gasteiger partial charge in [-0.05, 0) is 34.6 Å². The van der Waals surface area contributed by atoms with Crippen LogP contribution >= 0.6 is 0 Å². The van der Waals surface area contributed by atoms with Gasteiger partial charge in [0.15, 0.2) is 0 Å². The lowest BCUT2D eigenvalue weighted by Crippen LogP contribution is -2.10. The fraction of sp³-hybridized carbons (Fsp3) is 0.636. The summed E-state index contributed by atoms with van der Waals surface area (Å²) >= 11 is 0. The lowest BCUT2D eigenvalue weighted by molar-refractivity contribution is -0.138. The molecule has 1 atom stereocenters. The predicted molar refractivity (Wildman–Crippen MR) is 58.1 cm³/mol. The Labute approximate surface area is 89.9 Å². The minimum absolute atomic E-state index is 0.262. The van der Waals surface area contributed by atoms with Crippen molar-refractivity contribution in [3.05, 3.63) is 17.0 Å². The SMILES string of the molecule is Cc1nn(C(C)C)c(C)c1C(C)C(=O)O. The average Bonchev–Trinajstić information content (AvgIpc) is 2.41. The Kier molecular flexibility index (Phi) is 3.17. The van der Waals surface area contributed by atoms with Crippen molar-refractivity contribution in [2.24, 2.45) is 0 Å². The molecule has 15 heavy (non-hydrogen) atoms. The van der Waals surface area contributed by atoms with Crippen molar-refractivity contribution >= 4 is 5.97 Å². The average molecular weight is 210 g/mol. The summed E-state index contributed by atoms with van der Waals surface area (Å²) < 4.78 is 1.88. The second kappa shape index (κ2) is 4.04. The molecule has 0 aliphatic carbocycles. The fourth-order valence-corrected chi connectivity index (χ4v) is 1.93. The lowest BCUT2D eigenvalue weighted by Gasteiger charge is -2.10. The smallest absolute Gasteiger partial charge is 0.310 e. The van der Waals surface area contributed by atoms with Crippen LogP contribution in [0.5, 0.6) is 0 Å². The van der Waals surface area contributed by atoms with Crippen LogP contribution in [0.1, 0.15) is 49.7 Å². The molecule has 1 unspecified atom stereocenters. The number of carbonyl (C=O) groups is 1. The number of aliphatic carboxylic acids is 1. The van der Waals surface area contributed by atoms with Crippen LogP contribution in [0.3, 0.4) is 0 Å². The molecular weight excluding hydrogens is 192 g/mol. The molecular formula is C11H18N2O2. The molecule has 84 valence electrons. The monoisotopic (exact) mass is 210 g/mol. The quantitative estimate of drug-likeness (QED) is 0.832. The fourth-order valence-electron chi connectivity index (χ4n) is 1.93. The van der Waals surface area contributed by atoms with Crippen LogP contribution in [0.2, 0.25) is 0 Å². The molecule has 0 bridgehead atoms. The number of carboxylic acids is 1.